The standard InChI is InChI=1S/C19H21NO4S/c21-16(11-12-24-13-7-3-1-4-8-13)20-18-17(19(22)23)14-9-5-2-6-10-15(14)25-18/h1,3-4,7-8H,2,5-6,9-12H2,(H,20,21)(H,22,23). The summed E-state index contributed by atoms with van der Waals surface area (Å²) in [6, 6.07) is 9.29. The summed E-state index contributed by atoms with van der Waals surface area (Å²) >= 11 is 1.41. The summed E-state index contributed by atoms with van der Waals surface area (Å²) in [4.78, 5) is 25.0. The second-order valence-electron chi connectivity index (χ2n) is 6.03. The lowest BCUT2D eigenvalue weighted by atomic mass is 10.1. The van der Waals surface area contributed by atoms with Crippen molar-refractivity contribution in [3.05, 3.63) is 46.3 Å². The lowest BCUT2D eigenvalue weighted by Crippen LogP contribution is -2.16. The van der Waals surface area contributed by atoms with Crippen molar-refractivity contribution in [2.24, 2.45) is 0 Å². The summed E-state index contributed by atoms with van der Waals surface area (Å²) in [6.07, 6.45) is 5.05. The molecule has 0 saturated heterocycles. The molecule has 1 aromatic heterocycles. The van der Waals surface area contributed by atoms with Crippen LogP contribution in [0, 0.1) is 0 Å². The van der Waals surface area contributed by atoms with E-state index < -0.39 is 5.97 Å². The smallest absolute Gasteiger partial charge is 0.339 e. The van der Waals surface area contributed by atoms with E-state index in [9.17, 15) is 14.7 Å². The number of thiophene rings is 1. The van der Waals surface area contributed by atoms with Crippen LogP contribution in [0.4, 0.5) is 5.00 Å². The highest BCUT2D eigenvalue weighted by Gasteiger charge is 2.25. The number of hydrogen-bond donors (Lipinski definition) is 2. The highest BCUT2D eigenvalue weighted by molar-refractivity contribution is 7.17. The maximum atomic E-state index is 12.2. The lowest BCUT2D eigenvalue weighted by molar-refractivity contribution is -0.116. The van der Waals surface area contributed by atoms with Crippen LogP contribution in [0.15, 0.2) is 30.3 Å². The van der Waals surface area contributed by atoms with Gasteiger partial charge in [-0.3, -0.25) is 4.79 Å². The third-order valence-electron chi connectivity index (χ3n) is 4.23. The van der Waals surface area contributed by atoms with Gasteiger partial charge in [0.1, 0.15) is 10.8 Å². The normalized spacial score (nSPS) is 13.6. The molecule has 0 unspecified atom stereocenters. The monoisotopic (exact) mass is 359 g/mol. The number of carboxylic acid groups (broad SMARTS) is 1. The number of hydrogen-bond acceptors (Lipinski definition) is 4. The summed E-state index contributed by atoms with van der Waals surface area (Å²) < 4.78 is 5.52. The molecule has 0 spiro atoms. The first-order valence-corrected chi connectivity index (χ1v) is 9.32. The van der Waals surface area contributed by atoms with Gasteiger partial charge in [-0.25, -0.2) is 4.79 Å². The maximum absolute atomic E-state index is 12.2. The third kappa shape index (κ3) is 4.39. The predicted octanol–water partition coefficient (Wildman–Crippen LogP) is 4.12. The number of aromatic carboxylic acids is 1. The Labute approximate surface area is 150 Å². The molecule has 1 heterocycles. The molecule has 132 valence electrons. The Balaban J connectivity index is 1.63. The number of carbonyl (C=O) groups is 2. The molecule has 3 rings (SSSR count). The molecule has 2 aromatic rings. The SMILES string of the molecule is O=C(CCOc1ccccc1)Nc1sc2c(c1C(=O)O)CCCCC2. The van der Waals surface area contributed by atoms with Gasteiger partial charge in [0.05, 0.1) is 18.6 Å². The first kappa shape index (κ1) is 17.5. The van der Waals surface area contributed by atoms with E-state index >= 15 is 0 Å². The molecule has 0 aliphatic heterocycles. The Hall–Kier alpha value is -2.34. The van der Waals surface area contributed by atoms with Crippen molar-refractivity contribution in [1.29, 1.82) is 0 Å². The van der Waals surface area contributed by atoms with Crippen LogP contribution in [0.3, 0.4) is 0 Å². The molecular formula is C19H21NO4S. The minimum Gasteiger partial charge on any atom is -0.493 e. The highest BCUT2D eigenvalue weighted by Crippen LogP contribution is 2.37. The van der Waals surface area contributed by atoms with Crippen molar-refractivity contribution in [3.8, 4) is 5.75 Å². The molecule has 1 aliphatic rings. The van der Waals surface area contributed by atoms with Crippen LogP contribution in [-0.2, 0) is 17.6 Å². The average molecular weight is 359 g/mol. The van der Waals surface area contributed by atoms with Gasteiger partial charge in [0.2, 0.25) is 5.91 Å². The second kappa shape index (κ2) is 8.16. The molecule has 0 fully saturated rings. The van der Waals surface area contributed by atoms with E-state index in [2.05, 4.69) is 5.32 Å². The molecule has 0 atom stereocenters. The minimum absolute atomic E-state index is 0.177. The zero-order chi connectivity index (χ0) is 17.6. The zero-order valence-corrected chi connectivity index (χ0v) is 14.7. The van der Waals surface area contributed by atoms with E-state index in [4.69, 9.17) is 4.74 Å². The van der Waals surface area contributed by atoms with Gasteiger partial charge in [0.15, 0.2) is 0 Å². The Morgan fingerprint density at radius 1 is 1.12 bits per heavy atom. The van der Waals surface area contributed by atoms with Gasteiger partial charge in [-0.05, 0) is 43.4 Å². The number of anilines is 1. The van der Waals surface area contributed by atoms with E-state index in [0.717, 1.165) is 42.5 Å². The summed E-state index contributed by atoms with van der Waals surface area (Å²) in [5.74, 6) is -0.477. The molecule has 2 N–H and O–H groups in total. The van der Waals surface area contributed by atoms with Crippen molar-refractivity contribution >= 4 is 28.2 Å². The molecule has 5 nitrogen and oxygen atoms in total. The number of carboxylic acids is 1. The Bertz CT molecular complexity index is 754. The number of ether oxygens (including phenoxy) is 1. The fourth-order valence-corrected chi connectivity index (χ4v) is 4.32. The fraction of sp³-hybridized carbons (Fsp3) is 0.368. The van der Waals surface area contributed by atoms with Crippen LogP contribution < -0.4 is 10.1 Å². The number of amides is 1. The van der Waals surface area contributed by atoms with Crippen molar-refractivity contribution in [2.45, 2.75) is 38.5 Å². The molecule has 25 heavy (non-hydrogen) atoms. The maximum Gasteiger partial charge on any atom is 0.339 e. The van der Waals surface area contributed by atoms with E-state index in [-0.39, 0.29) is 24.5 Å². The highest BCUT2D eigenvalue weighted by atomic mass is 32.1. The molecule has 6 heteroatoms. The van der Waals surface area contributed by atoms with Crippen molar-refractivity contribution in [1.82, 2.24) is 0 Å². The molecule has 1 aliphatic carbocycles. The molecule has 0 saturated carbocycles. The quantitative estimate of drug-likeness (QED) is 0.761. The van der Waals surface area contributed by atoms with Crippen LogP contribution in [-0.4, -0.2) is 23.6 Å². The number of aryl methyl sites for hydroxylation is 1. The van der Waals surface area contributed by atoms with E-state index in [0.29, 0.717) is 10.8 Å². The predicted molar refractivity (Wildman–Crippen MR) is 97.7 cm³/mol. The largest absolute Gasteiger partial charge is 0.493 e. The Morgan fingerprint density at radius 2 is 1.88 bits per heavy atom. The van der Waals surface area contributed by atoms with Gasteiger partial charge in [0.25, 0.3) is 0 Å². The molecule has 0 bridgehead atoms. The number of carbonyl (C=O) groups excluding carboxylic acids is 1. The number of fused-ring (bicyclic) bond motifs is 1. The lowest BCUT2D eigenvalue weighted by Gasteiger charge is -2.07. The number of para-hydroxylation sites is 1. The number of benzene rings is 1. The second-order valence-corrected chi connectivity index (χ2v) is 7.14. The summed E-state index contributed by atoms with van der Waals surface area (Å²) in [6.45, 7) is 0.253. The van der Waals surface area contributed by atoms with Crippen LogP contribution in [0.2, 0.25) is 0 Å². The van der Waals surface area contributed by atoms with Crippen molar-refractivity contribution < 1.29 is 19.4 Å². The van der Waals surface area contributed by atoms with Gasteiger partial charge in [-0.2, -0.15) is 0 Å². The molecule has 0 radical (unpaired) electrons. The van der Waals surface area contributed by atoms with Crippen molar-refractivity contribution in [2.75, 3.05) is 11.9 Å². The Kier molecular flexibility index (Phi) is 5.71. The first-order valence-electron chi connectivity index (χ1n) is 8.50. The molecular weight excluding hydrogens is 338 g/mol. The zero-order valence-electron chi connectivity index (χ0n) is 13.9. The van der Waals surface area contributed by atoms with Gasteiger partial charge in [0, 0.05) is 4.88 Å². The number of nitrogens with one attached hydrogen (secondary N) is 1. The summed E-state index contributed by atoms with van der Waals surface area (Å²) in [5, 5.41) is 12.8. The van der Waals surface area contributed by atoms with Crippen LogP contribution in [0.5, 0.6) is 5.75 Å². The molecule has 1 aromatic carbocycles. The summed E-state index contributed by atoms with van der Waals surface area (Å²) in [7, 11) is 0. The van der Waals surface area contributed by atoms with E-state index in [1.54, 1.807) is 0 Å². The first-order chi connectivity index (χ1) is 12.1. The van der Waals surface area contributed by atoms with Gasteiger partial charge < -0.3 is 15.2 Å². The summed E-state index contributed by atoms with van der Waals surface area (Å²) in [5.41, 5.74) is 1.19. The van der Waals surface area contributed by atoms with Crippen LogP contribution >= 0.6 is 11.3 Å². The van der Waals surface area contributed by atoms with Crippen LogP contribution in [0.1, 0.15) is 46.5 Å². The van der Waals surface area contributed by atoms with Gasteiger partial charge in [-0.1, -0.05) is 24.6 Å². The van der Waals surface area contributed by atoms with Crippen molar-refractivity contribution in [3.63, 3.8) is 0 Å². The van der Waals surface area contributed by atoms with Gasteiger partial charge >= 0.3 is 5.97 Å². The van der Waals surface area contributed by atoms with E-state index in [1.165, 1.54) is 11.3 Å². The number of rotatable bonds is 6. The Morgan fingerprint density at radius 3 is 2.64 bits per heavy atom. The molecule has 1 amide bonds. The van der Waals surface area contributed by atoms with E-state index in [1.807, 2.05) is 30.3 Å². The topological polar surface area (TPSA) is 75.6 Å². The minimum atomic E-state index is -0.963. The fourth-order valence-electron chi connectivity index (χ4n) is 3.02. The van der Waals surface area contributed by atoms with Crippen LogP contribution in [0.25, 0.3) is 0 Å². The third-order valence-corrected chi connectivity index (χ3v) is 5.44. The van der Waals surface area contributed by atoms with Gasteiger partial charge in [-0.15, -0.1) is 11.3 Å². The average Bonchev–Trinajstić information content (AvgIpc) is 2.77.